The van der Waals surface area contributed by atoms with E-state index in [1.54, 1.807) is 0 Å². The number of thioether (sulfide) groups is 2. The van der Waals surface area contributed by atoms with Crippen molar-refractivity contribution in [1.82, 2.24) is 10.6 Å². The zero-order valence-corrected chi connectivity index (χ0v) is 15.1. The first kappa shape index (κ1) is 16.1. The van der Waals surface area contributed by atoms with Crippen molar-refractivity contribution in [2.24, 2.45) is 5.92 Å². The van der Waals surface area contributed by atoms with Gasteiger partial charge in [0.1, 0.15) is 10.9 Å². The molecular weight excluding hydrogens is 312 g/mol. The van der Waals surface area contributed by atoms with Crippen LogP contribution in [0.4, 0.5) is 0 Å². The second-order valence-electron chi connectivity index (χ2n) is 7.38. The van der Waals surface area contributed by atoms with Gasteiger partial charge >= 0.3 is 0 Å². The van der Waals surface area contributed by atoms with Gasteiger partial charge in [0.05, 0.1) is 6.10 Å². The van der Waals surface area contributed by atoms with Crippen LogP contribution in [-0.4, -0.2) is 40.6 Å². The molecule has 0 radical (unpaired) electrons. The van der Waals surface area contributed by atoms with E-state index in [2.05, 4.69) is 34.2 Å². The molecule has 2 heterocycles. The quantitative estimate of drug-likeness (QED) is 0.816. The summed E-state index contributed by atoms with van der Waals surface area (Å²) in [5.74, 6) is 1.91. The third kappa shape index (κ3) is 3.80. The molecule has 0 spiro atoms. The first-order chi connectivity index (χ1) is 10.9. The third-order valence-electron chi connectivity index (χ3n) is 5.75. The fraction of sp³-hybridized carbons (Fsp3) is 1.00. The molecule has 5 heteroatoms. The van der Waals surface area contributed by atoms with E-state index in [0.29, 0.717) is 17.0 Å². The zero-order valence-electron chi connectivity index (χ0n) is 13.5. The van der Waals surface area contributed by atoms with Crippen molar-refractivity contribution < 1.29 is 4.74 Å². The molecule has 4 aliphatic rings. The molecule has 0 bridgehead atoms. The van der Waals surface area contributed by atoms with Crippen molar-refractivity contribution in [1.29, 1.82) is 0 Å². The fourth-order valence-corrected chi connectivity index (χ4v) is 7.58. The van der Waals surface area contributed by atoms with Gasteiger partial charge in [-0.3, -0.25) is 10.6 Å². The first-order valence-corrected chi connectivity index (χ1v) is 11.3. The highest BCUT2D eigenvalue weighted by Gasteiger charge is 2.37. The summed E-state index contributed by atoms with van der Waals surface area (Å²) in [4.78, 5) is 0. The van der Waals surface area contributed by atoms with Gasteiger partial charge in [0, 0.05) is 23.6 Å². The standard InChI is InChI=1S/C17H30N2OS2/c1-2-6-12(7-3-1)16-18-10-13(20-16)11-21-17-19-14-8-4-5-9-15(14)22-17/h12-19H,1-11H2. The topological polar surface area (TPSA) is 33.3 Å². The van der Waals surface area contributed by atoms with Gasteiger partial charge in [-0.15, -0.1) is 23.5 Å². The van der Waals surface area contributed by atoms with E-state index in [1.807, 2.05) is 0 Å². The summed E-state index contributed by atoms with van der Waals surface area (Å²) >= 11 is 4.27. The molecule has 0 aromatic carbocycles. The molecule has 0 aromatic heterocycles. The van der Waals surface area contributed by atoms with Gasteiger partial charge in [-0.05, 0) is 31.6 Å². The van der Waals surface area contributed by atoms with Crippen molar-refractivity contribution in [3.8, 4) is 0 Å². The second-order valence-corrected chi connectivity index (χ2v) is 10.2. The number of fused-ring (bicyclic) bond motifs is 1. The highest BCUT2D eigenvalue weighted by molar-refractivity contribution is 8.17. The monoisotopic (exact) mass is 342 g/mol. The van der Waals surface area contributed by atoms with Gasteiger partial charge < -0.3 is 4.74 Å². The SMILES string of the molecule is C1CCC(C2NCC(CSC3NC4CCCCC4S3)O2)CC1. The Hall–Kier alpha value is 0.580. The maximum atomic E-state index is 6.31. The lowest BCUT2D eigenvalue weighted by Crippen LogP contribution is -2.34. The molecule has 126 valence electrons. The Morgan fingerprint density at radius 2 is 1.82 bits per heavy atom. The van der Waals surface area contributed by atoms with Crippen LogP contribution in [0.2, 0.25) is 0 Å². The van der Waals surface area contributed by atoms with Crippen LogP contribution in [0.15, 0.2) is 0 Å². The molecule has 2 aliphatic carbocycles. The molecule has 22 heavy (non-hydrogen) atoms. The minimum Gasteiger partial charge on any atom is -0.358 e. The summed E-state index contributed by atoms with van der Waals surface area (Å²) in [5.41, 5.74) is 0. The maximum Gasteiger partial charge on any atom is 0.111 e. The summed E-state index contributed by atoms with van der Waals surface area (Å²) in [7, 11) is 0. The summed E-state index contributed by atoms with van der Waals surface area (Å²) in [5, 5.41) is 8.36. The number of nitrogens with one attached hydrogen (secondary N) is 2. The van der Waals surface area contributed by atoms with Crippen LogP contribution >= 0.6 is 23.5 Å². The van der Waals surface area contributed by atoms with Crippen LogP contribution in [0.25, 0.3) is 0 Å². The normalized spacial score (nSPS) is 43.4. The number of rotatable bonds is 4. The smallest absolute Gasteiger partial charge is 0.111 e. The molecule has 2 aliphatic heterocycles. The summed E-state index contributed by atoms with van der Waals surface area (Å²) < 4.78 is 6.91. The van der Waals surface area contributed by atoms with Crippen LogP contribution in [0.3, 0.4) is 0 Å². The average Bonchev–Trinajstić information content (AvgIpc) is 3.20. The van der Waals surface area contributed by atoms with Crippen molar-refractivity contribution >= 4 is 23.5 Å². The van der Waals surface area contributed by atoms with Gasteiger partial charge in [0.15, 0.2) is 0 Å². The Morgan fingerprint density at radius 1 is 1.00 bits per heavy atom. The van der Waals surface area contributed by atoms with Crippen molar-refractivity contribution in [3.63, 3.8) is 0 Å². The molecule has 5 atom stereocenters. The van der Waals surface area contributed by atoms with Gasteiger partial charge in [-0.25, -0.2) is 0 Å². The predicted octanol–water partition coefficient (Wildman–Crippen LogP) is 3.55. The molecule has 0 amide bonds. The Bertz CT molecular complexity index is 351. The van der Waals surface area contributed by atoms with E-state index in [-0.39, 0.29) is 0 Å². The van der Waals surface area contributed by atoms with E-state index in [4.69, 9.17) is 4.74 Å². The summed E-state index contributed by atoms with van der Waals surface area (Å²) in [6.45, 7) is 1.05. The molecule has 2 saturated carbocycles. The van der Waals surface area contributed by atoms with Gasteiger partial charge in [0.2, 0.25) is 0 Å². The predicted molar refractivity (Wildman–Crippen MR) is 96.3 cm³/mol. The van der Waals surface area contributed by atoms with Crippen molar-refractivity contribution in [2.45, 2.75) is 86.1 Å². The number of hydrogen-bond acceptors (Lipinski definition) is 5. The largest absolute Gasteiger partial charge is 0.358 e. The highest BCUT2D eigenvalue weighted by atomic mass is 32.2. The minimum atomic E-state index is 0.345. The summed E-state index contributed by atoms with van der Waals surface area (Å²) in [6.07, 6.45) is 13.4. The zero-order chi connectivity index (χ0) is 14.8. The van der Waals surface area contributed by atoms with Crippen LogP contribution in [-0.2, 0) is 4.74 Å². The van der Waals surface area contributed by atoms with Crippen LogP contribution in [0.5, 0.6) is 0 Å². The van der Waals surface area contributed by atoms with E-state index in [9.17, 15) is 0 Å². The Kier molecular flexibility index (Phi) is 5.58. The lowest BCUT2D eigenvalue weighted by molar-refractivity contribution is 0.00331. The first-order valence-electron chi connectivity index (χ1n) is 9.30. The molecule has 5 unspecified atom stereocenters. The molecule has 2 saturated heterocycles. The molecule has 2 N–H and O–H groups in total. The van der Waals surface area contributed by atoms with Crippen LogP contribution < -0.4 is 10.6 Å². The van der Waals surface area contributed by atoms with E-state index in [1.165, 1.54) is 57.8 Å². The molecular formula is C17H30N2OS2. The molecule has 4 rings (SSSR count). The molecule has 3 nitrogen and oxygen atoms in total. The van der Waals surface area contributed by atoms with Gasteiger partial charge in [-0.2, -0.15) is 0 Å². The fourth-order valence-electron chi connectivity index (χ4n) is 4.47. The molecule has 0 aromatic rings. The van der Waals surface area contributed by atoms with Gasteiger partial charge in [0.25, 0.3) is 0 Å². The van der Waals surface area contributed by atoms with Crippen LogP contribution in [0.1, 0.15) is 57.8 Å². The van der Waals surface area contributed by atoms with Crippen LogP contribution in [0, 0.1) is 5.92 Å². The average molecular weight is 343 g/mol. The molecule has 4 fully saturated rings. The van der Waals surface area contributed by atoms with E-state index < -0.39 is 0 Å². The highest BCUT2D eigenvalue weighted by Crippen LogP contribution is 2.41. The van der Waals surface area contributed by atoms with E-state index >= 15 is 0 Å². The van der Waals surface area contributed by atoms with Crippen molar-refractivity contribution in [3.05, 3.63) is 0 Å². The Labute approximate surface area is 143 Å². The maximum absolute atomic E-state index is 6.31. The number of ether oxygens (including phenoxy) is 1. The minimum absolute atomic E-state index is 0.345. The van der Waals surface area contributed by atoms with E-state index in [0.717, 1.165) is 29.5 Å². The second kappa shape index (κ2) is 7.64. The Morgan fingerprint density at radius 3 is 2.68 bits per heavy atom. The number of hydrogen-bond donors (Lipinski definition) is 2. The lowest BCUT2D eigenvalue weighted by Gasteiger charge is -2.27. The summed E-state index contributed by atoms with van der Waals surface area (Å²) in [6, 6.07) is 0.786. The Balaban J connectivity index is 1.19. The van der Waals surface area contributed by atoms with Gasteiger partial charge in [-0.1, -0.05) is 32.1 Å². The lowest BCUT2D eigenvalue weighted by atomic mass is 9.88. The van der Waals surface area contributed by atoms with Crippen molar-refractivity contribution in [2.75, 3.05) is 12.3 Å². The third-order valence-corrected chi connectivity index (χ3v) is 8.79.